The van der Waals surface area contributed by atoms with Crippen molar-refractivity contribution in [2.75, 3.05) is 7.11 Å². The fourth-order valence-corrected chi connectivity index (χ4v) is 3.52. The molecule has 0 aliphatic rings. The summed E-state index contributed by atoms with van der Waals surface area (Å²) in [4.78, 5) is 19.5. The van der Waals surface area contributed by atoms with Crippen LogP contribution in [0.2, 0.25) is 10.0 Å². The largest absolute Gasteiger partial charge is 0.493 e. The maximum Gasteiger partial charge on any atom is 0.259 e. The van der Waals surface area contributed by atoms with Crippen LogP contribution >= 0.6 is 23.2 Å². The van der Waals surface area contributed by atoms with E-state index >= 15 is 0 Å². The molecule has 7 heteroatoms. The molecule has 4 aromatic rings. The van der Waals surface area contributed by atoms with Crippen LogP contribution in [0.5, 0.6) is 11.5 Å². The highest BCUT2D eigenvalue weighted by atomic mass is 35.5. The standard InChI is InChI=1S/C24H18Cl2N2O3/c1-30-22-12-15(6-10-21(22)31-14-16-8-9-17(25)13-19(16)26)7-11-23-27-20-5-3-2-4-18(20)24(29)28-23/h2-13H,14H2,1H3,(H,27,28,29)/b11-7+. The van der Waals surface area contributed by atoms with E-state index in [2.05, 4.69) is 9.97 Å². The van der Waals surface area contributed by atoms with Gasteiger partial charge in [0.1, 0.15) is 12.4 Å². The summed E-state index contributed by atoms with van der Waals surface area (Å²) in [6, 6.07) is 18.0. The van der Waals surface area contributed by atoms with E-state index < -0.39 is 0 Å². The molecule has 0 amide bonds. The molecule has 5 nitrogen and oxygen atoms in total. The number of aromatic amines is 1. The zero-order valence-electron chi connectivity index (χ0n) is 16.6. The van der Waals surface area contributed by atoms with Gasteiger partial charge in [-0.05, 0) is 48.0 Å². The van der Waals surface area contributed by atoms with Gasteiger partial charge < -0.3 is 14.5 Å². The molecular weight excluding hydrogens is 435 g/mol. The topological polar surface area (TPSA) is 64.2 Å². The molecule has 0 aliphatic heterocycles. The van der Waals surface area contributed by atoms with Gasteiger partial charge in [0, 0.05) is 15.6 Å². The van der Waals surface area contributed by atoms with Gasteiger partial charge in [0.15, 0.2) is 11.5 Å². The van der Waals surface area contributed by atoms with Crippen LogP contribution in [0.4, 0.5) is 0 Å². The first kappa shape index (κ1) is 21.0. The molecule has 1 N–H and O–H groups in total. The van der Waals surface area contributed by atoms with Gasteiger partial charge >= 0.3 is 0 Å². The average Bonchev–Trinajstić information content (AvgIpc) is 2.77. The summed E-state index contributed by atoms with van der Waals surface area (Å²) in [6.07, 6.45) is 3.59. The van der Waals surface area contributed by atoms with E-state index in [0.29, 0.717) is 38.3 Å². The third kappa shape index (κ3) is 4.90. The van der Waals surface area contributed by atoms with Crippen LogP contribution in [0.15, 0.2) is 65.5 Å². The number of aromatic nitrogens is 2. The number of para-hydroxylation sites is 1. The highest BCUT2D eigenvalue weighted by molar-refractivity contribution is 6.35. The second kappa shape index (κ2) is 9.25. The molecule has 0 unspecified atom stereocenters. The van der Waals surface area contributed by atoms with Crippen molar-refractivity contribution >= 4 is 46.3 Å². The van der Waals surface area contributed by atoms with Crippen molar-refractivity contribution < 1.29 is 9.47 Å². The van der Waals surface area contributed by atoms with Crippen molar-refractivity contribution in [2.24, 2.45) is 0 Å². The number of hydrogen-bond donors (Lipinski definition) is 1. The molecule has 4 rings (SSSR count). The lowest BCUT2D eigenvalue weighted by atomic mass is 10.1. The molecule has 0 saturated heterocycles. The van der Waals surface area contributed by atoms with Gasteiger partial charge in [-0.2, -0.15) is 0 Å². The van der Waals surface area contributed by atoms with E-state index in [1.807, 2.05) is 48.5 Å². The Morgan fingerprint density at radius 2 is 1.84 bits per heavy atom. The Balaban J connectivity index is 1.53. The first-order valence-corrected chi connectivity index (χ1v) is 10.2. The molecule has 31 heavy (non-hydrogen) atoms. The molecule has 0 spiro atoms. The third-order valence-electron chi connectivity index (χ3n) is 4.65. The second-order valence-electron chi connectivity index (χ2n) is 6.74. The zero-order valence-corrected chi connectivity index (χ0v) is 18.1. The lowest BCUT2D eigenvalue weighted by molar-refractivity contribution is 0.284. The summed E-state index contributed by atoms with van der Waals surface area (Å²) >= 11 is 12.1. The number of nitrogens with zero attached hydrogens (tertiary/aromatic N) is 1. The molecule has 3 aromatic carbocycles. The SMILES string of the molecule is COc1cc(/C=C/c2nc3ccccc3c(=O)[nH]2)ccc1OCc1ccc(Cl)cc1Cl. The number of methoxy groups -OCH3 is 1. The van der Waals surface area contributed by atoms with Crippen LogP contribution in [-0.2, 0) is 6.61 Å². The van der Waals surface area contributed by atoms with E-state index in [9.17, 15) is 4.79 Å². The van der Waals surface area contributed by atoms with Crippen molar-refractivity contribution in [2.45, 2.75) is 6.61 Å². The highest BCUT2D eigenvalue weighted by Crippen LogP contribution is 2.30. The summed E-state index contributed by atoms with van der Waals surface area (Å²) in [5, 5.41) is 1.68. The minimum Gasteiger partial charge on any atom is -0.493 e. The Labute approximate surface area is 188 Å². The minimum absolute atomic E-state index is 0.174. The molecule has 0 radical (unpaired) electrons. The van der Waals surface area contributed by atoms with Crippen LogP contribution in [0.1, 0.15) is 17.0 Å². The Kier molecular flexibility index (Phi) is 6.26. The van der Waals surface area contributed by atoms with Crippen LogP contribution in [0.3, 0.4) is 0 Å². The van der Waals surface area contributed by atoms with Gasteiger partial charge in [-0.1, -0.05) is 53.5 Å². The van der Waals surface area contributed by atoms with Crippen molar-refractivity contribution in [3.05, 3.63) is 98.0 Å². The van der Waals surface area contributed by atoms with Crippen LogP contribution in [0.25, 0.3) is 23.1 Å². The molecule has 1 heterocycles. The summed E-state index contributed by atoms with van der Waals surface area (Å²) in [7, 11) is 1.58. The van der Waals surface area contributed by atoms with Crippen LogP contribution in [0, 0.1) is 0 Å². The molecule has 0 aliphatic carbocycles. The predicted molar refractivity (Wildman–Crippen MR) is 125 cm³/mol. The lowest BCUT2D eigenvalue weighted by Crippen LogP contribution is -2.09. The lowest BCUT2D eigenvalue weighted by Gasteiger charge is -2.12. The molecule has 0 bridgehead atoms. The quantitative estimate of drug-likeness (QED) is 0.390. The number of nitrogens with one attached hydrogen (secondary N) is 1. The predicted octanol–water partition coefficient (Wildman–Crippen LogP) is 5.99. The molecular formula is C24H18Cl2N2O3. The smallest absolute Gasteiger partial charge is 0.259 e. The van der Waals surface area contributed by atoms with E-state index in [1.165, 1.54) is 0 Å². The van der Waals surface area contributed by atoms with Gasteiger partial charge in [-0.3, -0.25) is 4.79 Å². The molecule has 156 valence electrons. The van der Waals surface area contributed by atoms with Gasteiger partial charge in [0.2, 0.25) is 0 Å². The number of benzene rings is 3. The fraction of sp³-hybridized carbons (Fsp3) is 0.0833. The number of rotatable bonds is 6. The van der Waals surface area contributed by atoms with E-state index in [1.54, 1.807) is 31.4 Å². The molecule has 0 atom stereocenters. The Morgan fingerprint density at radius 1 is 1.00 bits per heavy atom. The first-order valence-electron chi connectivity index (χ1n) is 9.45. The zero-order chi connectivity index (χ0) is 21.8. The van der Waals surface area contributed by atoms with Gasteiger partial charge in [0.05, 0.1) is 18.0 Å². The number of hydrogen-bond acceptors (Lipinski definition) is 4. The van der Waals surface area contributed by atoms with Crippen molar-refractivity contribution in [3.63, 3.8) is 0 Å². The number of H-pyrrole nitrogens is 1. The maximum atomic E-state index is 12.2. The highest BCUT2D eigenvalue weighted by Gasteiger charge is 2.08. The minimum atomic E-state index is -0.174. The van der Waals surface area contributed by atoms with Crippen LogP contribution in [-0.4, -0.2) is 17.1 Å². The van der Waals surface area contributed by atoms with Crippen molar-refractivity contribution in [3.8, 4) is 11.5 Å². The number of fused-ring (bicyclic) bond motifs is 1. The summed E-state index contributed by atoms with van der Waals surface area (Å²) in [6.45, 7) is 0.282. The van der Waals surface area contributed by atoms with Gasteiger partial charge in [0.25, 0.3) is 5.56 Å². The van der Waals surface area contributed by atoms with E-state index in [4.69, 9.17) is 32.7 Å². The van der Waals surface area contributed by atoms with Crippen molar-refractivity contribution in [1.82, 2.24) is 9.97 Å². The maximum absolute atomic E-state index is 12.2. The summed E-state index contributed by atoms with van der Waals surface area (Å²) in [5.74, 6) is 1.63. The van der Waals surface area contributed by atoms with Crippen molar-refractivity contribution in [1.29, 1.82) is 0 Å². The van der Waals surface area contributed by atoms with Crippen LogP contribution < -0.4 is 15.0 Å². The average molecular weight is 453 g/mol. The van der Waals surface area contributed by atoms with E-state index in [0.717, 1.165) is 11.1 Å². The Bertz CT molecular complexity index is 1330. The monoisotopic (exact) mass is 452 g/mol. The van der Waals surface area contributed by atoms with Gasteiger partial charge in [-0.15, -0.1) is 0 Å². The Morgan fingerprint density at radius 3 is 2.65 bits per heavy atom. The molecule has 0 saturated carbocycles. The number of halogens is 2. The first-order chi connectivity index (χ1) is 15.0. The fourth-order valence-electron chi connectivity index (χ4n) is 3.06. The molecule has 1 aromatic heterocycles. The molecule has 0 fully saturated rings. The second-order valence-corrected chi connectivity index (χ2v) is 7.58. The van der Waals surface area contributed by atoms with Gasteiger partial charge in [-0.25, -0.2) is 4.98 Å². The van der Waals surface area contributed by atoms with E-state index in [-0.39, 0.29) is 12.2 Å². The summed E-state index contributed by atoms with van der Waals surface area (Å²) < 4.78 is 11.3. The summed E-state index contributed by atoms with van der Waals surface area (Å²) in [5.41, 5.74) is 2.16. The number of ether oxygens (including phenoxy) is 2. The normalized spacial score (nSPS) is 11.2. The third-order valence-corrected chi connectivity index (χ3v) is 5.24. The Hall–Kier alpha value is -3.28.